The molecule has 1 aliphatic rings. The number of ether oxygens (including phenoxy) is 1. The largest absolute Gasteiger partial charge is 0.468 e. The minimum absolute atomic E-state index is 0.659. The van der Waals surface area contributed by atoms with Crippen LogP contribution in [-0.4, -0.2) is 37.7 Å². The van der Waals surface area contributed by atoms with E-state index in [1.54, 1.807) is 7.11 Å². The fourth-order valence-electron chi connectivity index (χ4n) is 2.40. The molecule has 0 atom stereocenters. The van der Waals surface area contributed by atoms with Crippen LogP contribution in [0.1, 0.15) is 38.0 Å². The highest BCUT2D eigenvalue weighted by Gasteiger charge is 2.21. The van der Waals surface area contributed by atoms with Crippen molar-refractivity contribution in [3.63, 3.8) is 0 Å². The van der Waals surface area contributed by atoms with Crippen molar-refractivity contribution in [3.05, 3.63) is 23.7 Å². The number of hydrogen-bond acceptors (Lipinski definition) is 4. The van der Waals surface area contributed by atoms with Crippen LogP contribution in [-0.2, 0) is 17.8 Å². The molecule has 1 heterocycles. The topological polar surface area (TPSA) is 37.6 Å². The van der Waals surface area contributed by atoms with Gasteiger partial charge in [-0.1, -0.05) is 13.8 Å². The summed E-state index contributed by atoms with van der Waals surface area (Å²) in [6.45, 7) is 9.14. The summed E-state index contributed by atoms with van der Waals surface area (Å²) in [6, 6.07) is 2.82. The van der Waals surface area contributed by atoms with E-state index in [0.29, 0.717) is 12.0 Å². The Bertz CT molecular complexity index is 386. The fraction of sp³-hybridized carbons (Fsp3) is 0.750. The van der Waals surface area contributed by atoms with Gasteiger partial charge in [-0.05, 0) is 24.8 Å². The molecular formula is C16H28N2O2. The van der Waals surface area contributed by atoms with Crippen molar-refractivity contribution in [1.82, 2.24) is 10.2 Å². The van der Waals surface area contributed by atoms with Crippen molar-refractivity contribution in [2.75, 3.05) is 26.8 Å². The van der Waals surface area contributed by atoms with Gasteiger partial charge in [-0.15, -0.1) is 0 Å². The first-order valence-electron chi connectivity index (χ1n) is 7.69. The molecule has 0 spiro atoms. The summed E-state index contributed by atoms with van der Waals surface area (Å²) in [4.78, 5) is 2.44. The van der Waals surface area contributed by atoms with Gasteiger partial charge in [0.25, 0.3) is 0 Å². The lowest BCUT2D eigenvalue weighted by Crippen LogP contribution is -2.31. The van der Waals surface area contributed by atoms with Crippen LogP contribution in [0.5, 0.6) is 0 Å². The zero-order chi connectivity index (χ0) is 14.4. The molecule has 0 unspecified atom stereocenters. The van der Waals surface area contributed by atoms with Crippen molar-refractivity contribution >= 4 is 0 Å². The third-order valence-corrected chi connectivity index (χ3v) is 3.60. The van der Waals surface area contributed by atoms with Gasteiger partial charge in [0.05, 0.1) is 19.4 Å². The number of hydrogen-bond donors (Lipinski definition) is 1. The smallest absolute Gasteiger partial charge is 0.122 e. The van der Waals surface area contributed by atoms with Crippen molar-refractivity contribution in [2.45, 2.75) is 45.8 Å². The monoisotopic (exact) mass is 280 g/mol. The molecule has 0 amide bonds. The number of rotatable bonds is 10. The Balaban J connectivity index is 1.88. The summed E-state index contributed by atoms with van der Waals surface area (Å²) < 4.78 is 10.8. The van der Waals surface area contributed by atoms with Crippen molar-refractivity contribution < 1.29 is 9.15 Å². The van der Waals surface area contributed by atoms with Gasteiger partial charge in [-0.25, -0.2) is 0 Å². The van der Waals surface area contributed by atoms with Gasteiger partial charge in [0.15, 0.2) is 0 Å². The van der Waals surface area contributed by atoms with E-state index in [-0.39, 0.29) is 0 Å². The van der Waals surface area contributed by atoms with Gasteiger partial charge in [0.2, 0.25) is 0 Å². The highest BCUT2D eigenvalue weighted by atomic mass is 16.5. The number of furan rings is 1. The van der Waals surface area contributed by atoms with Crippen molar-refractivity contribution in [1.29, 1.82) is 0 Å². The summed E-state index contributed by atoms with van der Waals surface area (Å²) in [5, 5.41) is 3.52. The summed E-state index contributed by atoms with van der Waals surface area (Å²) in [7, 11) is 1.76. The highest BCUT2D eigenvalue weighted by Crippen LogP contribution is 2.21. The average molecular weight is 280 g/mol. The Morgan fingerprint density at radius 3 is 2.90 bits per heavy atom. The lowest BCUT2D eigenvalue weighted by atomic mass is 10.1. The lowest BCUT2D eigenvalue weighted by molar-refractivity contribution is 0.135. The van der Waals surface area contributed by atoms with Crippen LogP contribution in [0.2, 0.25) is 0 Å². The highest BCUT2D eigenvalue weighted by molar-refractivity contribution is 5.17. The van der Waals surface area contributed by atoms with Gasteiger partial charge >= 0.3 is 0 Å². The molecule has 114 valence electrons. The van der Waals surface area contributed by atoms with Crippen molar-refractivity contribution in [3.8, 4) is 0 Å². The first-order valence-corrected chi connectivity index (χ1v) is 7.69. The van der Waals surface area contributed by atoms with E-state index in [4.69, 9.17) is 9.15 Å². The molecular weight excluding hydrogens is 252 g/mol. The fourth-order valence-corrected chi connectivity index (χ4v) is 2.40. The molecule has 4 heteroatoms. The van der Waals surface area contributed by atoms with E-state index in [2.05, 4.69) is 30.1 Å². The second-order valence-electron chi connectivity index (χ2n) is 6.15. The van der Waals surface area contributed by atoms with Crippen LogP contribution in [0, 0.1) is 5.92 Å². The van der Waals surface area contributed by atoms with E-state index in [1.807, 2.05) is 6.26 Å². The Morgan fingerprint density at radius 1 is 1.45 bits per heavy atom. The molecule has 0 radical (unpaired) electrons. The first kappa shape index (κ1) is 15.5. The minimum Gasteiger partial charge on any atom is -0.468 e. The summed E-state index contributed by atoms with van der Waals surface area (Å²) in [6.07, 6.45) is 4.43. The zero-order valence-electron chi connectivity index (χ0n) is 13.0. The van der Waals surface area contributed by atoms with E-state index in [0.717, 1.165) is 38.5 Å². The Morgan fingerprint density at radius 2 is 2.25 bits per heavy atom. The van der Waals surface area contributed by atoms with E-state index in [1.165, 1.54) is 18.4 Å². The van der Waals surface area contributed by atoms with Crippen LogP contribution in [0.4, 0.5) is 0 Å². The Labute approximate surface area is 122 Å². The van der Waals surface area contributed by atoms with Gasteiger partial charge in [-0.2, -0.15) is 0 Å². The third-order valence-electron chi connectivity index (χ3n) is 3.60. The van der Waals surface area contributed by atoms with E-state index >= 15 is 0 Å². The van der Waals surface area contributed by atoms with Crippen LogP contribution in [0.25, 0.3) is 0 Å². The predicted molar refractivity (Wildman–Crippen MR) is 80.6 cm³/mol. The minimum atomic E-state index is 0.659. The van der Waals surface area contributed by atoms with Gasteiger partial charge in [-0.3, -0.25) is 4.90 Å². The molecule has 4 nitrogen and oxygen atoms in total. The number of nitrogens with one attached hydrogen (secondary N) is 1. The average Bonchev–Trinajstić information content (AvgIpc) is 3.13. The molecule has 2 rings (SSSR count). The summed E-state index contributed by atoms with van der Waals surface area (Å²) >= 11 is 0. The standard InChI is InChI=1S/C16H28N2O2/c1-13(2)11-18(7-9-19-3)12-14-6-8-20-16(14)10-17-15-4-5-15/h6,8,13,15,17H,4-5,7,9-12H2,1-3H3. The first-order chi connectivity index (χ1) is 9.69. The van der Waals surface area contributed by atoms with Crippen LogP contribution in [0.3, 0.4) is 0 Å². The maximum Gasteiger partial charge on any atom is 0.122 e. The molecule has 20 heavy (non-hydrogen) atoms. The zero-order valence-corrected chi connectivity index (χ0v) is 13.0. The van der Waals surface area contributed by atoms with E-state index < -0.39 is 0 Å². The summed E-state index contributed by atoms with van der Waals surface area (Å²) in [5.74, 6) is 1.75. The Hall–Kier alpha value is -0.840. The SMILES string of the molecule is COCCN(Cc1ccoc1CNC1CC1)CC(C)C. The molecule has 0 bridgehead atoms. The molecule has 1 aliphatic carbocycles. The van der Waals surface area contributed by atoms with Crippen LogP contribution < -0.4 is 5.32 Å². The molecule has 1 saturated carbocycles. The van der Waals surface area contributed by atoms with E-state index in [9.17, 15) is 0 Å². The maximum atomic E-state index is 5.63. The molecule has 1 N–H and O–H groups in total. The van der Waals surface area contributed by atoms with Gasteiger partial charge < -0.3 is 14.5 Å². The molecule has 0 saturated heterocycles. The van der Waals surface area contributed by atoms with Crippen LogP contribution in [0.15, 0.2) is 16.7 Å². The summed E-state index contributed by atoms with van der Waals surface area (Å²) in [5.41, 5.74) is 1.30. The Kier molecular flexibility index (Phi) is 6.07. The van der Waals surface area contributed by atoms with Crippen LogP contribution >= 0.6 is 0 Å². The lowest BCUT2D eigenvalue weighted by Gasteiger charge is -2.23. The van der Waals surface area contributed by atoms with Crippen molar-refractivity contribution in [2.24, 2.45) is 5.92 Å². The normalized spacial score (nSPS) is 15.4. The second-order valence-corrected chi connectivity index (χ2v) is 6.15. The molecule has 1 fully saturated rings. The molecule has 0 aromatic carbocycles. The number of methoxy groups -OCH3 is 1. The molecule has 0 aliphatic heterocycles. The third kappa shape index (κ3) is 5.27. The molecule has 1 aromatic rings. The molecule has 1 aromatic heterocycles. The quantitative estimate of drug-likeness (QED) is 0.715. The predicted octanol–water partition coefficient (Wildman–Crippen LogP) is 2.64. The maximum absolute atomic E-state index is 5.63. The van der Waals surface area contributed by atoms with Gasteiger partial charge in [0, 0.05) is 38.3 Å². The second kappa shape index (κ2) is 7.81. The number of nitrogens with zero attached hydrogens (tertiary/aromatic N) is 1. The van der Waals surface area contributed by atoms with Gasteiger partial charge in [0.1, 0.15) is 5.76 Å².